The van der Waals surface area contributed by atoms with Crippen LogP contribution in [-0.2, 0) is 0 Å². The fourth-order valence-corrected chi connectivity index (χ4v) is 1.29. The van der Waals surface area contributed by atoms with Crippen molar-refractivity contribution in [3.05, 3.63) is 36.4 Å². The summed E-state index contributed by atoms with van der Waals surface area (Å²) in [6, 6.07) is 3.46. The van der Waals surface area contributed by atoms with Crippen molar-refractivity contribution in [3.8, 4) is 6.19 Å². The van der Waals surface area contributed by atoms with Gasteiger partial charge in [0.2, 0.25) is 0 Å². The molecule has 0 radical (unpaired) electrons. The van der Waals surface area contributed by atoms with E-state index in [9.17, 15) is 4.79 Å². The van der Waals surface area contributed by atoms with Crippen LogP contribution >= 0.6 is 0 Å². The summed E-state index contributed by atoms with van der Waals surface area (Å²) in [4.78, 5) is 16.5. The van der Waals surface area contributed by atoms with Crippen LogP contribution in [0.15, 0.2) is 30.9 Å². The van der Waals surface area contributed by atoms with Crippen molar-refractivity contribution in [2.75, 3.05) is 7.05 Å². The van der Waals surface area contributed by atoms with Crippen LogP contribution in [0.4, 0.5) is 0 Å². The van der Waals surface area contributed by atoms with Crippen molar-refractivity contribution in [2.45, 2.75) is 0 Å². The lowest BCUT2D eigenvalue weighted by Gasteiger charge is -2.06. The second-order valence-corrected chi connectivity index (χ2v) is 3.11. The van der Waals surface area contributed by atoms with Crippen LogP contribution in [0.5, 0.6) is 0 Å². The standard InChI is InChI=1S/C10H8N4O/c1-13(6-11)10(15)8-2-3-9-4-12-7-14(9)5-8/h2-5,7H,1H3. The van der Waals surface area contributed by atoms with E-state index in [-0.39, 0.29) is 5.91 Å². The van der Waals surface area contributed by atoms with E-state index in [1.165, 1.54) is 7.05 Å². The number of pyridine rings is 1. The third-order valence-corrected chi connectivity index (χ3v) is 2.11. The van der Waals surface area contributed by atoms with Crippen LogP contribution in [0, 0.1) is 11.5 Å². The molecule has 0 aromatic carbocycles. The van der Waals surface area contributed by atoms with Gasteiger partial charge in [-0.2, -0.15) is 5.26 Å². The fourth-order valence-electron chi connectivity index (χ4n) is 1.29. The predicted molar refractivity (Wildman–Crippen MR) is 52.9 cm³/mol. The molecule has 2 aromatic heterocycles. The maximum absolute atomic E-state index is 11.6. The van der Waals surface area contributed by atoms with E-state index in [1.54, 1.807) is 41.4 Å². The molecule has 5 nitrogen and oxygen atoms in total. The Kier molecular flexibility index (Phi) is 2.10. The van der Waals surface area contributed by atoms with Crippen LogP contribution in [0.2, 0.25) is 0 Å². The first-order valence-electron chi connectivity index (χ1n) is 4.32. The van der Waals surface area contributed by atoms with Gasteiger partial charge in [-0.05, 0) is 12.1 Å². The first-order valence-corrected chi connectivity index (χ1v) is 4.32. The highest BCUT2D eigenvalue weighted by molar-refractivity contribution is 5.95. The molecule has 2 heterocycles. The molecule has 0 aliphatic heterocycles. The second-order valence-electron chi connectivity index (χ2n) is 3.11. The zero-order valence-corrected chi connectivity index (χ0v) is 8.08. The van der Waals surface area contributed by atoms with Gasteiger partial charge in [-0.3, -0.25) is 4.79 Å². The Hall–Kier alpha value is -2.35. The number of nitriles is 1. The van der Waals surface area contributed by atoms with E-state index in [0.717, 1.165) is 10.4 Å². The third-order valence-electron chi connectivity index (χ3n) is 2.11. The Bertz CT molecular complexity index is 552. The molecule has 0 N–H and O–H groups in total. The minimum absolute atomic E-state index is 0.326. The van der Waals surface area contributed by atoms with Crippen molar-refractivity contribution < 1.29 is 4.79 Å². The average Bonchev–Trinajstić information content (AvgIpc) is 2.73. The molecule has 15 heavy (non-hydrogen) atoms. The number of aromatic nitrogens is 2. The number of fused-ring (bicyclic) bond motifs is 1. The minimum atomic E-state index is -0.326. The van der Waals surface area contributed by atoms with Gasteiger partial charge in [-0.15, -0.1) is 0 Å². The summed E-state index contributed by atoms with van der Waals surface area (Å²) in [5.74, 6) is -0.326. The predicted octanol–water partition coefficient (Wildman–Crippen LogP) is 0.887. The Balaban J connectivity index is 2.45. The summed E-state index contributed by atoms with van der Waals surface area (Å²) in [5.41, 5.74) is 1.37. The lowest BCUT2D eigenvalue weighted by molar-refractivity contribution is 0.0858. The summed E-state index contributed by atoms with van der Waals surface area (Å²) in [6.45, 7) is 0. The maximum Gasteiger partial charge on any atom is 0.268 e. The monoisotopic (exact) mass is 200 g/mol. The van der Waals surface area contributed by atoms with Crippen molar-refractivity contribution in [1.29, 1.82) is 5.26 Å². The van der Waals surface area contributed by atoms with Crippen molar-refractivity contribution >= 4 is 11.4 Å². The number of hydrogen-bond donors (Lipinski definition) is 0. The topological polar surface area (TPSA) is 61.4 Å². The molecule has 0 spiro atoms. The average molecular weight is 200 g/mol. The van der Waals surface area contributed by atoms with Crippen molar-refractivity contribution in [1.82, 2.24) is 14.3 Å². The summed E-state index contributed by atoms with van der Waals surface area (Å²) in [5, 5.41) is 8.58. The molecule has 0 fully saturated rings. The van der Waals surface area contributed by atoms with E-state index in [1.807, 2.05) is 0 Å². The normalized spacial score (nSPS) is 9.87. The van der Waals surface area contributed by atoms with Crippen LogP contribution in [0.3, 0.4) is 0 Å². The summed E-state index contributed by atoms with van der Waals surface area (Å²) in [6.07, 6.45) is 6.72. The zero-order chi connectivity index (χ0) is 10.8. The zero-order valence-electron chi connectivity index (χ0n) is 8.08. The number of hydrogen-bond acceptors (Lipinski definition) is 3. The summed E-state index contributed by atoms with van der Waals surface area (Å²) >= 11 is 0. The number of carbonyl (C=O) groups excluding carboxylic acids is 1. The molecule has 2 rings (SSSR count). The number of carbonyl (C=O) groups is 1. The second kappa shape index (κ2) is 3.42. The van der Waals surface area contributed by atoms with Gasteiger partial charge in [0.1, 0.15) is 0 Å². The first-order chi connectivity index (χ1) is 7.22. The van der Waals surface area contributed by atoms with Gasteiger partial charge >= 0.3 is 0 Å². The minimum Gasteiger partial charge on any atom is -0.306 e. The molecule has 5 heteroatoms. The molecular formula is C10H8N4O. The maximum atomic E-state index is 11.6. The number of amides is 1. The highest BCUT2D eigenvalue weighted by Crippen LogP contribution is 2.07. The SMILES string of the molecule is CN(C#N)C(=O)c1ccc2cncn2c1. The number of nitrogens with zero attached hydrogens (tertiary/aromatic N) is 4. The van der Waals surface area contributed by atoms with Gasteiger partial charge in [-0.1, -0.05) is 0 Å². The fraction of sp³-hybridized carbons (Fsp3) is 0.100. The van der Waals surface area contributed by atoms with E-state index < -0.39 is 0 Å². The largest absolute Gasteiger partial charge is 0.306 e. The third kappa shape index (κ3) is 1.53. The van der Waals surface area contributed by atoms with E-state index >= 15 is 0 Å². The molecule has 0 aliphatic carbocycles. The van der Waals surface area contributed by atoms with Gasteiger partial charge in [-0.25, -0.2) is 9.88 Å². The smallest absolute Gasteiger partial charge is 0.268 e. The van der Waals surface area contributed by atoms with Gasteiger partial charge in [0.15, 0.2) is 6.19 Å². The lowest BCUT2D eigenvalue weighted by atomic mass is 10.2. The molecule has 74 valence electrons. The number of rotatable bonds is 1. The van der Waals surface area contributed by atoms with Crippen LogP contribution in [0.25, 0.3) is 5.52 Å². The quantitative estimate of drug-likeness (QED) is 0.507. The summed E-state index contributed by atoms with van der Waals surface area (Å²) in [7, 11) is 1.43. The van der Waals surface area contributed by atoms with Crippen LogP contribution in [-0.4, -0.2) is 27.2 Å². The highest BCUT2D eigenvalue weighted by atomic mass is 16.2. The first kappa shape index (κ1) is 9.21. The molecule has 0 atom stereocenters. The Morgan fingerprint density at radius 2 is 2.40 bits per heavy atom. The number of imidazole rings is 1. The van der Waals surface area contributed by atoms with Crippen LogP contribution < -0.4 is 0 Å². The molecular weight excluding hydrogens is 192 g/mol. The Labute approximate surface area is 86.2 Å². The molecule has 0 bridgehead atoms. The van der Waals surface area contributed by atoms with Gasteiger partial charge in [0.25, 0.3) is 5.91 Å². The summed E-state index contributed by atoms with van der Waals surface area (Å²) < 4.78 is 1.73. The van der Waals surface area contributed by atoms with Gasteiger partial charge < -0.3 is 4.40 Å². The molecule has 0 saturated carbocycles. The molecule has 0 unspecified atom stereocenters. The highest BCUT2D eigenvalue weighted by Gasteiger charge is 2.11. The molecule has 0 aliphatic rings. The molecule has 2 aromatic rings. The van der Waals surface area contributed by atoms with E-state index in [2.05, 4.69) is 4.98 Å². The Morgan fingerprint density at radius 1 is 1.60 bits per heavy atom. The van der Waals surface area contributed by atoms with E-state index in [4.69, 9.17) is 5.26 Å². The van der Waals surface area contributed by atoms with Gasteiger partial charge in [0.05, 0.1) is 23.6 Å². The van der Waals surface area contributed by atoms with Crippen molar-refractivity contribution in [2.24, 2.45) is 0 Å². The molecule has 0 saturated heterocycles. The van der Waals surface area contributed by atoms with Crippen LogP contribution in [0.1, 0.15) is 10.4 Å². The lowest BCUT2D eigenvalue weighted by Crippen LogP contribution is -2.21. The van der Waals surface area contributed by atoms with Crippen molar-refractivity contribution in [3.63, 3.8) is 0 Å². The Morgan fingerprint density at radius 3 is 3.13 bits per heavy atom. The van der Waals surface area contributed by atoms with E-state index in [0.29, 0.717) is 5.56 Å². The molecule has 1 amide bonds. The van der Waals surface area contributed by atoms with Gasteiger partial charge in [0, 0.05) is 13.2 Å².